The Hall–Kier alpha value is -1.02. The van der Waals surface area contributed by atoms with Crippen molar-refractivity contribution in [2.75, 3.05) is 13.2 Å². The minimum absolute atomic E-state index is 0. The van der Waals surface area contributed by atoms with Crippen LogP contribution in [0.15, 0.2) is 0 Å². The molecule has 0 aromatic rings. The smallest absolute Gasteiger partial charge is 0.547 e. The molecule has 0 heterocycles. The van der Waals surface area contributed by atoms with E-state index in [0.29, 0.717) is 0 Å². The van der Waals surface area contributed by atoms with Gasteiger partial charge < -0.3 is 81.8 Å². The second-order valence-electron chi connectivity index (χ2n) is 4.99. The fourth-order valence-corrected chi connectivity index (χ4v) is 1.32. The Morgan fingerprint density at radius 1 is 0.586 bits per heavy atom. The summed E-state index contributed by atoms with van der Waals surface area (Å²) in [5.41, 5.74) is 0. The summed E-state index contributed by atoms with van der Waals surface area (Å²) in [5.74, 6) is -3.95. The van der Waals surface area contributed by atoms with Gasteiger partial charge in [0.1, 0.15) is 48.8 Å². The van der Waals surface area contributed by atoms with Gasteiger partial charge in [0.25, 0.3) is 0 Å². The number of aliphatic hydroxyl groups excluding tert-OH is 10. The van der Waals surface area contributed by atoms with E-state index in [-0.39, 0.29) is 28.0 Å². The number of aliphatic carboxylic acids is 2. The van der Waals surface area contributed by atoms with E-state index in [1.807, 2.05) is 0 Å². The average Bonchev–Trinajstić information content (AvgIpc) is 2.62. The standard InChI is InChI=1S/2C6H12O7.Fe.2H2O/c2*7-1-2(8)3(9)4(10)5(11)6(12)13;;;/h2*2-5,7-11H,1H2,(H,12,13);;2*1H2/q;;+2;;/p-2. The first-order valence-corrected chi connectivity index (χ1v) is 6.91. The maximum absolute atomic E-state index is 9.98. The number of aliphatic hydroxyl groups is 10. The number of rotatable bonds is 10. The van der Waals surface area contributed by atoms with Gasteiger partial charge in [-0.25, -0.2) is 0 Å². The van der Waals surface area contributed by atoms with Crippen LogP contribution >= 0.6 is 0 Å². The third kappa shape index (κ3) is 13.8. The Kier molecular flexibility index (Phi) is 25.2. The molecular weight excluding hydrogens is 456 g/mol. The van der Waals surface area contributed by atoms with Gasteiger partial charge in [-0.15, -0.1) is 0 Å². The van der Waals surface area contributed by atoms with Crippen LogP contribution in [-0.2, 0) is 26.7 Å². The summed E-state index contributed by atoms with van der Waals surface area (Å²) < 4.78 is 0. The third-order valence-corrected chi connectivity index (χ3v) is 2.99. The predicted molar refractivity (Wildman–Crippen MR) is 79.5 cm³/mol. The van der Waals surface area contributed by atoms with Crippen molar-refractivity contribution in [3.05, 3.63) is 0 Å². The molecule has 0 amide bonds. The molecule has 0 rings (SSSR count). The molecule has 8 atom stereocenters. The van der Waals surface area contributed by atoms with Gasteiger partial charge in [-0.05, 0) is 0 Å². The molecule has 17 heteroatoms. The van der Waals surface area contributed by atoms with E-state index in [1.165, 1.54) is 0 Å². The van der Waals surface area contributed by atoms with E-state index in [2.05, 4.69) is 0 Å². The Morgan fingerprint density at radius 3 is 0.931 bits per heavy atom. The van der Waals surface area contributed by atoms with Crippen molar-refractivity contribution in [2.45, 2.75) is 48.8 Å². The van der Waals surface area contributed by atoms with E-state index in [0.717, 1.165) is 0 Å². The zero-order valence-electron chi connectivity index (χ0n) is 14.5. The van der Waals surface area contributed by atoms with Gasteiger partial charge in [0.15, 0.2) is 0 Å². The second-order valence-corrected chi connectivity index (χ2v) is 4.99. The van der Waals surface area contributed by atoms with Crippen molar-refractivity contribution in [3.63, 3.8) is 0 Å². The molecule has 0 saturated heterocycles. The summed E-state index contributed by atoms with van der Waals surface area (Å²) in [6.07, 6.45) is -16.2. The summed E-state index contributed by atoms with van der Waals surface area (Å²) in [6.45, 7) is -1.73. The van der Waals surface area contributed by atoms with E-state index >= 15 is 0 Å². The van der Waals surface area contributed by atoms with Crippen LogP contribution in [0.2, 0.25) is 0 Å². The van der Waals surface area contributed by atoms with Gasteiger partial charge in [-0.3, -0.25) is 0 Å². The number of carbonyl (C=O) groups is 2. The van der Waals surface area contributed by atoms with Gasteiger partial charge in [-0.2, -0.15) is 0 Å². The van der Waals surface area contributed by atoms with Crippen LogP contribution in [0.3, 0.4) is 0 Å². The largest absolute Gasteiger partial charge is 2.00 e. The number of carboxylic acids is 2. The molecule has 16 nitrogen and oxygen atoms in total. The van der Waals surface area contributed by atoms with Crippen LogP contribution < -0.4 is 10.2 Å². The van der Waals surface area contributed by atoms with Gasteiger partial charge >= 0.3 is 17.1 Å². The van der Waals surface area contributed by atoms with E-state index < -0.39 is 74.0 Å². The minimum Gasteiger partial charge on any atom is -0.547 e. The van der Waals surface area contributed by atoms with Gasteiger partial charge in [0.2, 0.25) is 0 Å². The van der Waals surface area contributed by atoms with Crippen molar-refractivity contribution in [3.8, 4) is 0 Å². The van der Waals surface area contributed by atoms with Crippen molar-refractivity contribution in [1.82, 2.24) is 0 Å². The van der Waals surface area contributed by atoms with Crippen LogP contribution in [0.5, 0.6) is 0 Å². The van der Waals surface area contributed by atoms with Gasteiger partial charge in [-0.1, -0.05) is 0 Å². The molecule has 0 saturated carbocycles. The zero-order chi connectivity index (χ0) is 21.2. The fourth-order valence-electron chi connectivity index (χ4n) is 1.32. The second kappa shape index (κ2) is 19.0. The molecule has 14 N–H and O–H groups in total. The van der Waals surface area contributed by atoms with E-state index in [9.17, 15) is 19.8 Å². The summed E-state index contributed by atoms with van der Waals surface area (Å²) in [4.78, 5) is 20.0. The normalized spacial score (nSPS) is 18.3. The summed E-state index contributed by atoms with van der Waals surface area (Å²) in [6, 6.07) is 0. The van der Waals surface area contributed by atoms with Crippen LogP contribution in [0.1, 0.15) is 0 Å². The Labute approximate surface area is 173 Å². The van der Waals surface area contributed by atoms with Crippen molar-refractivity contribution in [2.24, 2.45) is 0 Å². The molecule has 0 radical (unpaired) electrons. The van der Waals surface area contributed by atoms with Crippen LogP contribution in [0.4, 0.5) is 0 Å². The maximum Gasteiger partial charge on any atom is 2.00 e. The number of carboxylic acid groups (broad SMARTS) is 2. The van der Waals surface area contributed by atoms with Crippen LogP contribution in [-0.4, -0.2) is 136 Å². The summed E-state index contributed by atoms with van der Waals surface area (Å²) in [7, 11) is 0. The Morgan fingerprint density at radius 2 is 0.793 bits per heavy atom. The molecule has 0 bridgehead atoms. The number of hydrogen-bond donors (Lipinski definition) is 10. The third-order valence-electron chi connectivity index (χ3n) is 2.99. The molecule has 0 fully saturated rings. The summed E-state index contributed by atoms with van der Waals surface area (Å²) >= 11 is 0. The average molecular weight is 482 g/mol. The minimum atomic E-state index is -2.31. The number of hydrogen-bond acceptors (Lipinski definition) is 14. The van der Waals surface area contributed by atoms with Gasteiger partial charge in [0, 0.05) is 0 Å². The quantitative estimate of drug-likeness (QED) is 0.129. The van der Waals surface area contributed by atoms with E-state index in [4.69, 9.17) is 51.1 Å². The monoisotopic (exact) mass is 482 g/mol. The van der Waals surface area contributed by atoms with Crippen LogP contribution in [0, 0.1) is 0 Å². The molecule has 178 valence electrons. The first kappa shape index (κ1) is 38.6. The molecule has 29 heavy (non-hydrogen) atoms. The fraction of sp³-hybridized carbons (Fsp3) is 0.833. The SMILES string of the molecule is O.O.O=C([O-])C(O)C(O)C(O)C(O)CO.O=C([O-])C(O)C(O)C(O)C(O)CO.[Fe+2]. The first-order valence-electron chi connectivity index (χ1n) is 6.91. The predicted octanol–water partition coefficient (Wildman–Crippen LogP) is -11.3. The first-order chi connectivity index (χ1) is 11.8. The van der Waals surface area contributed by atoms with Crippen molar-refractivity contribution >= 4 is 11.9 Å². The molecule has 0 spiro atoms. The maximum atomic E-state index is 9.98. The number of carbonyl (C=O) groups excluding carboxylic acids is 2. The van der Waals surface area contributed by atoms with E-state index in [1.54, 1.807) is 0 Å². The Bertz CT molecular complexity index is 387. The molecule has 0 aromatic heterocycles. The van der Waals surface area contributed by atoms with Crippen molar-refractivity contribution < 1.29 is 98.9 Å². The molecular formula is C12H26FeO16. The molecule has 0 aromatic carbocycles. The molecule has 0 aliphatic carbocycles. The van der Waals surface area contributed by atoms with Crippen LogP contribution in [0.25, 0.3) is 0 Å². The molecule has 0 aliphatic heterocycles. The topological polar surface area (TPSA) is 346 Å². The Balaban J connectivity index is -0.000000120. The molecule has 8 unspecified atom stereocenters. The van der Waals surface area contributed by atoms with Crippen molar-refractivity contribution in [1.29, 1.82) is 0 Å². The molecule has 0 aliphatic rings. The zero-order valence-corrected chi connectivity index (χ0v) is 15.6. The van der Waals surface area contributed by atoms with Gasteiger partial charge in [0.05, 0.1) is 25.2 Å². The summed E-state index contributed by atoms with van der Waals surface area (Å²) in [5, 5.41) is 107.